The Balaban J connectivity index is 1.57. The van der Waals surface area contributed by atoms with Crippen LogP contribution in [0.4, 0.5) is 17.1 Å². The topological polar surface area (TPSA) is 101 Å². The molecular weight excluding hydrogens is 461 g/mol. The predicted octanol–water partition coefficient (Wildman–Crippen LogP) is 5.88. The van der Waals surface area contributed by atoms with Gasteiger partial charge in [-0.25, -0.2) is 0 Å². The Morgan fingerprint density at radius 2 is 1.68 bits per heavy atom. The molecule has 0 fully saturated rings. The number of amides is 2. The van der Waals surface area contributed by atoms with Gasteiger partial charge in [0.2, 0.25) is 5.91 Å². The van der Waals surface area contributed by atoms with Gasteiger partial charge in [0, 0.05) is 33.4 Å². The summed E-state index contributed by atoms with van der Waals surface area (Å²) in [6.45, 7) is 0. The van der Waals surface area contributed by atoms with E-state index in [2.05, 4.69) is 10.6 Å². The summed E-state index contributed by atoms with van der Waals surface area (Å²) in [5.41, 5.74) is 1.27. The minimum atomic E-state index is -0.506. The molecule has 0 aliphatic carbocycles. The predicted molar refractivity (Wildman–Crippen MR) is 123 cm³/mol. The standard InChI is InChI=1S/C21H15Cl2N3O4S/c22-13-4-9-18(19(23)10-13)21(28)25-15-2-1-3-17(11-15)31-12-20(27)24-14-5-7-16(8-6-14)26(29)30/h1-11H,12H2,(H,24,27)(H,25,28). The lowest BCUT2D eigenvalue weighted by Gasteiger charge is -2.09. The highest BCUT2D eigenvalue weighted by molar-refractivity contribution is 8.00. The van der Waals surface area contributed by atoms with Crippen molar-refractivity contribution in [1.29, 1.82) is 0 Å². The highest BCUT2D eigenvalue weighted by atomic mass is 35.5. The molecular formula is C21H15Cl2N3O4S. The molecule has 0 heterocycles. The number of thioether (sulfide) groups is 1. The normalized spacial score (nSPS) is 10.4. The first-order valence-electron chi connectivity index (χ1n) is 8.85. The number of anilines is 2. The molecule has 0 radical (unpaired) electrons. The molecule has 0 spiro atoms. The van der Waals surface area contributed by atoms with Crippen LogP contribution in [0, 0.1) is 10.1 Å². The molecule has 0 unspecified atom stereocenters. The molecule has 3 aromatic rings. The lowest BCUT2D eigenvalue weighted by Crippen LogP contribution is -2.14. The maximum absolute atomic E-state index is 12.4. The molecule has 3 aromatic carbocycles. The summed E-state index contributed by atoms with van der Waals surface area (Å²) in [4.78, 5) is 35.5. The first kappa shape index (κ1) is 22.6. The second kappa shape index (κ2) is 10.3. The first-order chi connectivity index (χ1) is 14.8. The smallest absolute Gasteiger partial charge is 0.269 e. The summed E-state index contributed by atoms with van der Waals surface area (Å²) in [6.07, 6.45) is 0. The van der Waals surface area contributed by atoms with Gasteiger partial charge in [0.15, 0.2) is 0 Å². The number of hydrogen-bond donors (Lipinski definition) is 2. The fourth-order valence-corrected chi connectivity index (χ4v) is 3.80. The lowest BCUT2D eigenvalue weighted by molar-refractivity contribution is -0.384. The lowest BCUT2D eigenvalue weighted by atomic mass is 10.2. The van der Waals surface area contributed by atoms with Crippen LogP contribution in [0.2, 0.25) is 10.0 Å². The Labute approximate surface area is 191 Å². The molecule has 0 bridgehead atoms. The summed E-state index contributed by atoms with van der Waals surface area (Å²) in [5.74, 6) is -0.516. The zero-order chi connectivity index (χ0) is 22.4. The molecule has 31 heavy (non-hydrogen) atoms. The van der Waals surface area contributed by atoms with Crippen molar-refractivity contribution in [2.75, 3.05) is 16.4 Å². The van der Waals surface area contributed by atoms with Crippen LogP contribution in [-0.4, -0.2) is 22.5 Å². The number of carbonyl (C=O) groups is 2. The van der Waals surface area contributed by atoms with Crippen LogP contribution in [0.15, 0.2) is 71.6 Å². The van der Waals surface area contributed by atoms with Crippen molar-refractivity contribution < 1.29 is 14.5 Å². The number of nitro benzene ring substituents is 1. The molecule has 0 aliphatic heterocycles. The maximum Gasteiger partial charge on any atom is 0.269 e. The van der Waals surface area contributed by atoms with Gasteiger partial charge in [-0.05, 0) is 48.5 Å². The van der Waals surface area contributed by atoms with Crippen LogP contribution in [0.3, 0.4) is 0 Å². The van der Waals surface area contributed by atoms with E-state index in [1.54, 1.807) is 30.3 Å². The van der Waals surface area contributed by atoms with E-state index in [9.17, 15) is 19.7 Å². The van der Waals surface area contributed by atoms with Crippen LogP contribution in [0.5, 0.6) is 0 Å². The quantitative estimate of drug-likeness (QED) is 0.252. The third-order valence-corrected chi connectivity index (χ3v) is 5.54. The maximum atomic E-state index is 12.4. The number of non-ortho nitro benzene ring substituents is 1. The highest BCUT2D eigenvalue weighted by Gasteiger charge is 2.12. The van der Waals surface area contributed by atoms with Gasteiger partial charge in [0.05, 0.1) is 21.3 Å². The zero-order valence-corrected chi connectivity index (χ0v) is 18.1. The summed E-state index contributed by atoms with van der Waals surface area (Å²) in [5, 5.41) is 16.8. The number of nitrogens with zero attached hydrogens (tertiary/aromatic N) is 1. The third kappa shape index (κ3) is 6.45. The molecule has 0 aliphatic rings. The molecule has 10 heteroatoms. The molecule has 0 saturated carbocycles. The highest BCUT2D eigenvalue weighted by Crippen LogP contribution is 2.25. The summed E-state index contributed by atoms with van der Waals surface area (Å²) in [7, 11) is 0. The number of halogens is 2. The summed E-state index contributed by atoms with van der Waals surface area (Å²) in [6, 6.07) is 17.2. The number of nitro groups is 1. The SMILES string of the molecule is O=C(CSc1cccc(NC(=O)c2ccc(Cl)cc2Cl)c1)Nc1ccc([N+](=O)[O-])cc1. The van der Waals surface area contributed by atoms with E-state index in [1.807, 2.05) is 6.07 Å². The fourth-order valence-electron chi connectivity index (χ4n) is 2.55. The van der Waals surface area contributed by atoms with Crippen molar-refractivity contribution >= 4 is 63.8 Å². The second-order valence-electron chi connectivity index (χ2n) is 6.25. The Morgan fingerprint density at radius 1 is 0.935 bits per heavy atom. The van der Waals surface area contributed by atoms with Crippen molar-refractivity contribution in [3.8, 4) is 0 Å². The van der Waals surface area contributed by atoms with E-state index in [0.717, 1.165) is 4.90 Å². The van der Waals surface area contributed by atoms with Crippen LogP contribution in [-0.2, 0) is 4.79 Å². The largest absolute Gasteiger partial charge is 0.325 e. The van der Waals surface area contributed by atoms with Crippen molar-refractivity contribution in [3.63, 3.8) is 0 Å². The minimum absolute atomic E-state index is 0.0499. The van der Waals surface area contributed by atoms with Gasteiger partial charge in [-0.2, -0.15) is 0 Å². The summed E-state index contributed by atoms with van der Waals surface area (Å²) < 4.78 is 0. The van der Waals surface area contributed by atoms with Crippen LogP contribution >= 0.6 is 35.0 Å². The number of carbonyl (C=O) groups excluding carboxylic acids is 2. The molecule has 7 nitrogen and oxygen atoms in total. The molecule has 2 N–H and O–H groups in total. The average molecular weight is 476 g/mol. The number of hydrogen-bond acceptors (Lipinski definition) is 5. The minimum Gasteiger partial charge on any atom is -0.325 e. The fraction of sp³-hybridized carbons (Fsp3) is 0.0476. The first-order valence-corrected chi connectivity index (χ1v) is 10.6. The Hall–Kier alpha value is -3.07. The van der Waals surface area contributed by atoms with Gasteiger partial charge >= 0.3 is 0 Å². The van der Waals surface area contributed by atoms with Crippen LogP contribution < -0.4 is 10.6 Å². The monoisotopic (exact) mass is 475 g/mol. The van der Waals surface area contributed by atoms with E-state index in [0.29, 0.717) is 22.0 Å². The van der Waals surface area contributed by atoms with Gasteiger partial charge in [-0.1, -0.05) is 29.3 Å². The van der Waals surface area contributed by atoms with E-state index in [-0.39, 0.29) is 28.3 Å². The third-order valence-electron chi connectivity index (χ3n) is 4.00. The van der Waals surface area contributed by atoms with Gasteiger partial charge in [-0.3, -0.25) is 19.7 Å². The van der Waals surface area contributed by atoms with Crippen molar-refractivity contribution in [1.82, 2.24) is 0 Å². The van der Waals surface area contributed by atoms with Crippen LogP contribution in [0.1, 0.15) is 10.4 Å². The van der Waals surface area contributed by atoms with Crippen molar-refractivity contribution in [3.05, 3.63) is 92.5 Å². The van der Waals surface area contributed by atoms with Gasteiger partial charge in [-0.15, -0.1) is 11.8 Å². The van der Waals surface area contributed by atoms with Crippen LogP contribution in [0.25, 0.3) is 0 Å². The molecule has 0 aromatic heterocycles. The van der Waals surface area contributed by atoms with E-state index >= 15 is 0 Å². The average Bonchev–Trinajstić information content (AvgIpc) is 2.73. The molecule has 158 valence electrons. The van der Waals surface area contributed by atoms with E-state index in [4.69, 9.17) is 23.2 Å². The van der Waals surface area contributed by atoms with Gasteiger partial charge in [0.1, 0.15) is 0 Å². The van der Waals surface area contributed by atoms with Crippen molar-refractivity contribution in [2.24, 2.45) is 0 Å². The van der Waals surface area contributed by atoms with Crippen molar-refractivity contribution in [2.45, 2.75) is 4.90 Å². The number of rotatable bonds is 7. The molecule has 0 saturated heterocycles. The summed E-state index contributed by atoms with van der Waals surface area (Å²) >= 11 is 13.2. The van der Waals surface area contributed by atoms with E-state index < -0.39 is 4.92 Å². The van der Waals surface area contributed by atoms with E-state index in [1.165, 1.54) is 42.1 Å². The Morgan fingerprint density at radius 3 is 2.35 bits per heavy atom. The van der Waals surface area contributed by atoms with Gasteiger partial charge < -0.3 is 10.6 Å². The molecule has 0 atom stereocenters. The number of benzene rings is 3. The second-order valence-corrected chi connectivity index (χ2v) is 8.14. The Kier molecular flexibility index (Phi) is 7.51. The Bertz CT molecular complexity index is 1140. The van der Waals surface area contributed by atoms with Gasteiger partial charge in [0.25, 0.3) is 11.6 Å². The molecule has 3 rings (SSSR count). The molecule has 2 amide bonds. The zero-order valence-electron chi connectivity index (χ0n) is 15.8. The number of nitrogens with one attached hydrogen (secondary N) is 2.